The summed E-state index contributed by atoms with van der Waals surface area (Å²) in [6.45, 7) is 10.7. The molecule has 1 aromatic carbocycles. The molecule has 2 N–H and O–H groups in total. The Bertz CT molecular complexity index is 577. The van der Waals surface area contributed by atoms with Gasteiger partial charge in [-0.3, -0.25) is 9.89 Å². The van der Waals surface area contributed by atoms with Gasteiger partial charge in [0.25, 0.3) is 0 Å². The van der Waals surface area contributed by atoms with Crippen LogP contribution in [0.3, 0.4) is 0 Å². The summed E-state index contributed by atoms with van der Waals surface area (Å²) in [6.07, 6.45) is 2.27. The van der Waals surface area contributed by atoms with Crippen LogP contribution in [0.4, 0.5) is 4.39 Å². The Balaban J connectivity index is 0.00000364. The number of halogens is 2. The molecule has 2 rings (SSSR count). The summed E-state index contributed by atoms with van der Waals surface area (Å²) >= 11 is 0. The van der Waals surface area contributed by atoms with Gasteiger partial charge in [0, 0.05) is 38.6 Å². The summed E-state index contributed by atoms with van der Waals surface area (Å²) in [6, 6.07) is 6.80. The normalized spacial score (nSPS) is 15.9. The number of unbranched alkanes of at least 4 members (excludes halogenated alkanes) is 1. The SMILES string of the molecule is CN=C(NCCCCN1CCOCC1)NCC(C)(C)c1cccc(F)c1.I. The average Bonchev–Trinajstić information content (AvgIpc) is 2.65. The quantitative estimate of drug-likeness (QED) is 0.254. The molecule has 0 spiro atoms. The van der Waals surface area contributed by atoms with Crippen LogP contribution in [-0.4, -0.2) is 63.8 Å². The molecule has 7 heteroatoms. The van der Waals surface area contributed by atoms with E-state index in [0.29, 0.717) is 6.54 Å². The number of benzene rings is 1. The van der Waals surface area contributed by atoms with Crippen molar-refractivity contribution in [1.82, 2.24) is 15.5 Å². The van der Waals surface area contributed by atoms with E-state index in [0.717, 1.165) is 57.3 Å². The van der Waals surface area contributed by atoms with Crippen molar-refractivity contribution in [2.75, 3.05) is 53.0 Å². The number of hydrogen-bond acceptors (Lipinski definition) is 3. The van der Waals surface area contributed by atoms with Gasteiger partial charge in [-0.25, -0.2) is 4.39 Å². The number of ether oxygens (including phenoxy) is 1. The van der Waals surface area contributed by atoms with Gasteiger partial charge in [-0.05, 0) is 37.1 Å². The van der Waals surface area contributed by atoms with Gasteiger partial charge in [0.05, 0.1) is 13.2 Å². The van der Waals surface area contributed by atoms with Crippen molar-refractivity contribution in [2.45, 2.75) is 32.1 Å². The topological polar surface area (TPSA) is 48.9 Å². The second-order valence-electron chi connectivity index (χ2n) is 7.41. The van der Waals surface area contributed by atoms with Crippen LogP contribution in [0.25, 0.3) is 0 Å². The number of nitrogens with one attached hydrogen (secondary N) is 2. The molecule has 0 amide bonds. The number of hydrogen-bond donors (Lipinski definition) is 2. The number of guanidine groups is 1. The third-order valence-corrected chi connectivity index (χ3v) is 4.82. The Morgan fingerprint density at radius 1 is 1.22 bits per heavy atom. The first-order chi connectivity index (χ1) is 12.5. The van der Waals surface area contributed by atoms with Crippen LogP contribution in [0.15, 0.2) is 29.3 Å². The summed E-state index contributed by atoms with van der Waals surface area (Å²) in [5.41, 5.74) is 0.793. The van der Waals surface area contributed by atoms with Gasteiger partial charge >= 0.3 is 0 Å². The fourth-order valence-electron chi connectivity index (χ4n) is 3.03. The third kappa shape index (κ3) is 8.74. The highest BCUT2D eigenvalue weighted by Crippen LogP contribution is 2.22. The van der Waals surface area contributed by atoms with Gasteiger partial charge < -0.3 is 15.4 Å². The second-order valence-corrected chi connectivity index (χ2v) is 7.41. The van der Waals surface area contributed by atoms with E-state index in [-0.39, 0.29) is 35.2 Å². The largest absolute Gasteiger partial charge is 0.379 e. The Morgan fingerprint density at radius 2 is 1.96 bits per heavy atom. The van der Waals surface area contributed by atoms with Crippen LogP contribution < -0.4 is 10.6 Å². The predicted molar refractivity (Wildman–Crippen MR) is 121 cm³/mol. The monoisotopic (exact) mass is 492 g/mol. The van der Waals surface area contributed by atoms with Crippen LogP contribution in [0.5, 0.6) is 0 Å². The summed E-state index contributed by atoms with van der Waals surface area (Å²) < 4.78 is 18.8. The molecule has 1 aliphatic heterocycles. The van der Waals surface area contributed by atoms with E-state index in [1.807, 2.05) is 6.07 Å². The van der Waals surface area contributed by atoms with Crippen molar-refractivity contribution in [3.63, 3.8) is 0 Å². The molecule has 0 radical (unpaired) electrons. The molecule has 0 bridgehead atoms. The summed E-state index contributed by atoms with van der Waals surface area (Å²) in [5.74, 6) is 0.596. The summed E-state index contributed by atoms with van der Waals surface area (Å²) in [7, 11) is 1.78. The van der Waals surface area contributed by atoms with E-state index in [1.165, 1.54) is 12.5 Å². The lowest BCUT2D eigenvalue weighted by Crippen LogP contribution is -2.43. The Labute approximate surface area is 180 Å². The zero-order chi connectivity index (χ0) is 18.8. The lowest BCUT2D eigenvalue weighted by molar-refractivity contribution is 0.0372. The van der Waals surface area contributed by atoms with Crippen LogP contribution in [-0.2, 0) is 10.2 Å². The smallest absolute Gasteiger partial charge is 0.191 e. The van der Waals surface area contributed by atoms with Gasteiger partial charge in [0.2, 0.25) is 0 Å². The minimum absolute atomic E-state index is 0. The van der Waals surface area contributed by atoms with Crippen LogP contribution >= 0.6 is 24.0 Å². The Morgan fingerprint density at radius 3 is 2.63 bits per heavy atom. The highest BCUT2D eigenvalue weighted by atomic mass is 127. The fraction of sp³-hybridized carbons (Fsp3) is 0.650. The van der Waals surface area contributed by atoms with Crippen molar-refractivity contribution in [3.05, 3.63) is 35.6 Å². The number of rotatable bonds is 8. The van der Waals surface area contributed by atoms with E-state index in [9.17, 15) is 4.39 Å². The van der Waals surface area contributed by atoms with Crippen molar-refractivity contribution < 1.29 is 9.13 Å². The van der Waals surface area contributed by atoms with Crippen LogP contribution in [0, 0.1) is 5.82 Å². The maximum atomic E-state index is 13.5. The molecular weight excluding hydrogens is 458 g/mol. The molecule has 1 fully saturated rings. The Kier molecular flexibility index (Phi) is 11.2. The first-order valence-electron chi connectivity index (χ1n) is 9.52. The number of nitrogens with zero attached hydrogens (tertiary/aromatic N) is 2. The van der Waals surface area contributed by atoms with Crippen LogP contribution in [0.1, 0.15) is 32.3 Å². The highest BCUT2D eigenvalue weighted by Gasteiger charge is 2.21. The molecule has 1 aromatic rings. The Hall–Kier alpha value is -0.930. The number of morpholine rings is 1. The maximum Gasteiger partial charge on any atom is 0.191 e. The van der Waals surface area contributed by atoms with E-state index >= 15 is 0 Å². The summed E-state index contributed by atoms with van der Waals surface area (Å²) in [5, 5.41) is 6.72. The lowest BCUT2D eigenvalue weighted by atomic mass is 9.84. The van der Waals surface area contributed by atoms with E-state index in [2.05, 4.69) is 34.4 Å². The first kappa shape index (κ1) is 24.1. The molecule has 0 aliphatic carbocycles. The predicted octanol–water partition coefficient (Wildman–Crippen LogP) is 3.00. The molecule has 1 heterocycles. The van der Waals surface area contributed by atoms with Gasteiger partial charge in [-0.2, -0.15) is 0 Å². The zero-order valence-corrected chi connectivity index (χ0v) is 19.1. The van der Waals surface area contributed by atoms with Gasteiger partial charge in [0.1, 0.15) is 5.82 Å². The second kappa shape index (κ2) is 12.5. The van der Waals surface area contributed by atoms with E-state index in [4.69, 9.17) is 4.74 Å². The minimum atomic E-state index is -0.196. The molecule has 1 aliphatic rings. The molecule has 0 saturated carbocycles. The van der Waals surface area contributed by atoms with Gasteiger partial charge in [-0.1, -0.05) is 26.0 Å². The fourth-order valence-corrected chi connectivity index (χ4v) is 3.03. The standard InChI is InChI=1S/C20H33FN4O.HI/c1-20(2,17-7-6-8-18(21)15-17)16-24-19(22-3)23-9-4-5-10-25-11-13-26-14-12-25;/h6-8,15H,4-5,9-14,16H2,1-3H3,(H2,22,23,24);1H. The minimum Gasteiger partial charge on any atom is -0.379 e. The molecule has 5 nitrogen and oxygen atoms in total. The maximum absolute atomic E-state index is 13.5. The van der Waals surface area contributed by atoms with Crippen molar-refractivity contribution in [2.24, 2.45) is 4.99 Å². The highest BCUT2D eigenvalue weighted by molar-refractivity contribution is 14.0. The lowest BCUT2D eigenvalue weighted by Gasteiger charge is -2.27. The molecule has 0 unspecified atom stereocenters. The van der Waals surface area contributed by atoms with E-state index < -0.39 is 0 Å². The van der Waals surface area contributed by atoms with Crippen molar-refractivity contribution in [1.29, 1.82) is 0 Å². The van der Waals surface area contributed by atoms with Crippen molar-refractivity contribution >= 4 is 29.9 Å². The molecule has 0 aromatic heterocycles. The third-order valence-electron chi connectivity index (χ3n) is 4.82. The summed E-state index contributed by atoms with van der Waals surface area (Å²) in [4.78, 5) is 6.74. The number of aliphatic imine (C=N–C) groups is 1. The van der Waals surface area contributed by atoms with Gasteiger partial charge in [-0.15, -0.1) is 24.0 Å². The average molecular weight is 492 g/mol. The molecule has 0 atom stereocenters. The van der Waals surface area contributed by atoms with Crippen molar-refractivity contribution in [3.8, 4) is 0 Å². The van der Waals surface area contributed by atoms with E-state index in [1.54, 1.807) is 19.2 Å². The zero-order valence-electron chi connectivity index (χ0n) is 16.8. The molecule has 1 saturated heterocycles. The first-order valence-corrected chi connectivity index (χ1v) is 9.52. The molecular formula is C20H34FIN4O. The van der Waals surface area contributed by atoms with Gasteiger partial charge in [0.15, 0.2) is 5.96 Å². The molecule has 154 valence electrons. The molecule has 27 heavy (non-hydrogen) atoms. The van der Waals surface area contributed by atoms with Crippen LogP contribution in [0.2, 0.25) is 0 Å².